The standard InChI is InChI=1S/C15H22N2OS/c18-14-13(10-3-1-2-4-10)19-15(17-14)16-12-8-9-5-6-11(12)7-9/h9-13H,1-8H2,(H,16,17,18)/t9-,11+,12+,13?/m1/s1. The van der Waals surface area contributed by atoms with Crippen LogP contribution < -0.4 is 5.32 Å². The lowest BCUT2D eigenvalue weighted by Gasteiger charge is -2.17. The molecule has 2 bridgehead atoms. The molecule has 3 saturated carbocycles. The van der Waals surface area contributed by atoms with E-state index in [0.717, 1.165) is 17.0 Å². The van der Waals surface area contributed by atoms with Crippen molar-refractivity contribution in [3.8, 4) is 0 Å². The van der Waals surface area contributed by atoms with Crippen LogP contribution in [0.4, 0.5) is 0 Å². The van der Waals surface area contributed by atoms with Crippen molar-refractivity contribution < 1.29 is 4.79 Å². The van der Waals surface area contributed by atoms with Gasteiger partial charge < -0.3 is 5.32 Å². The van der Waals surface area contributed by atoms with Crippen LogP contribution in [0, 0.1) is 17.8 Å². The number of amidine groups is 1. The molecule has 4 heteroatoms. The predicted molar refractivity (Wildman–Crippen MR) is 78.2 cm³/mol. The van der Waals surface area contributed by atoms with Crippen molar-refractivity contribution in [3.63, 3.8) is 0 Å². The molecule has 1 saturated heterocycles. The lowest BCUT2D eigenvalue weighted by molar-refractivity contribution is -0.119. The molecule has 1 aliphatic heterocycles. The van der Waals surface area contributed by atoms with Crippen LogP contribution in [0.15, 0.2) is 4.99 Å². The summed E-state index contributed by atoms with van der Waals surface area (Å²) in [5.74, 6) is 2.55. The van der Waals surface area contributed by atoms with E-state index in [4.69, 9.17) is 4.99 Å². The summed E-state index contributed by atoms with van der Waals surface area (Å²) in [5, 5.41) is 4.12. The average molecular weight is 278 g/mol. The minimum absolute atomic E-state index is 0.153. The van der Waals surface area contributed by atoms with Gasteiger partial charge in [0, 0.05) is 0 Å². The van der Waals surface area contributed by atoms with Crippen molar-refractivity contribution in [3.05, 3.63) is 0 Å². The second-order valence-corrected chi connectivity index (χ2v) is 7.88. The van der Waals surface area contributed by atoms with E-state index in [0.29, 0.717) is 12.0 Å². The van der Waals surface area contributed by atoms with Gasteiger partial charge in [-0.3, -0.25) is 9.79 Å². The SMILES string of the molecule is O=C1NC(=N[C@H]2C[C@@H]3CC[C@H]2C3)SC1C1CCCC1. The summed E-state index contributed by atoms with van der Waals surface area (Å²) in [5.41, 5.74) is 0. The topological polar surface area (TPSA) is 41.5 Å². The maximum absolute atomic E-state index is 12.1. The zero-order chi connectivity index (χ0) is 12.8. The van der Waals surface area contributed by atoms with Gasteiger partial charge in [0.25, 0.3) is 0 Å². The molecule has 19 heavy (non-hydrogen) atoms. The molecule has 0 radical (unpaired) electrons. The van der Waals surface area contributed by atoms with Crippen molar-refractivity contribution in [1.29, 1.82) is 0 Å². The number of aliphatic imine (C=N–C) groups is 1. The quantitative estimate of drug-likeness (QED) is 0.843. The van der Waals surface area contributed by atoms with E-state index in [1.165, 1.54) is 51.4 Å². The summed E-state index contributed by atoms with van der Waals surface area (Å²) in [7, 11) is 0. The minimum Gasteiger partial charge on any atom is -0.304 e. The first-order valence-electron chi connectivity index (χ1n) is 7.85. The van der Waals surface area contributed by atoms with E-state index in [1.54, 1.807) is 11.8 Å². The van der Waals surface area contributed by atoms with E-state index in [2.05, 4.69) is 5.32 Å². The molecular formula is C15H22N2OS. The first-order chi connectivity index (χ1) is 9.29. The molecule has 1 unspecified atom stereocenters. The normalized spacial score (nSPS) is 44.4. The number of thioether (sulfide) groups is 1. The van der Waals surface area contributed by atoms with Gasteiger partial charge in [0.15, 0.2) is 5.17 Å². The van der Waals surface area contributed by atoms with Gasteiger partial charge in [-0.25, -0.2) is 0 Å². The highest BCUT2D eigenvalue weighted by atomic mass is 32.2. The Morgan fingerprint density at radius 1 is 1.05 bits per heavy atom. The van der Waals surface area contributed by atoms with E-state index in [-0.39, 0.29) is 11.2 Å². The first kappa shape index (κ1) is 12.2. The molecule has 1 amide bonds. The smallest absolute Gasteiger partial charge is 0.239 e. The van der Waals surface area contributed by atoms with Crippen molar-refractivity contribution in [2.75, 3.05) is 0 Å². The summed E-state index contributed by atoms with van der Waals surface area (Å²) in [6.45, 7) is 0. The number of nitrogens with zero attached hydrogens (tertiary/aromatic N) is 1. The fourth-order valence-corrected chi connectivity index (χ4v) is 5.76. The minimum atomic E-state index is 0.153. The lowest BCUT2D eigenvalue weighted by Crippen LogP contribution is -2.29. The van der Waals surface area contributed by atoms with Crippen LogP contribution in [0.2, 0.25) is 0 Å². The van der Waals surface area contributed by atoms with Gasteiger partial charge in [-0.15, -0.1) is 0 Å². The summed E-state index contributed by atoms with van der Waals surface area (Å²) in [6.07, 6.45) is 10.5. The van der Waals surface area contributed by atoms with Crippen LogP contribution in [0.1, 0.15) is 51.4 Å². The fourth-order valence-electron chi connectivity index (χ4n) is 4.53. The summed E-state index contributed by atoms with van der Waals surface area (Å²) < 4.78 is 0. The average Bonchev–Trinajstić information content (AvgIpc) is 3.12. The monoisotopic (exact) mass is 278 g/mol. The maximum Gasteiger partial charge on any atom is 0.239 e. The third-order valence-corrected chi connectivity index (χ3v) is 6.82. The number of hydrogen-bond donors (Lipinski definition) is 1. The molecular weight excluding hydrogens is 256 g/mol. The van der Waals surface area contributed by atoms with E-state index in [1.807, 2.05) is 0 Å². The summed E-state index contributed by atoms with van der Waals surface area (Å²) in [6, 6.07) is 0.504. The van der Waals surface area contributed by atoms with Gasteiger partial charge in [0.2, 0.25) is 5.91 Å². The number of hydrogen-bond acceptors (Lipinski definition) is 3. The van der Waals surface area contributed by atoms with Gasteiger partial charge in [-0.05, 0) is 49.9 Å². The number of carbonyl (C=O) groups is 1. The zero-order valence-corrected chi connectivity index (χ0v) is 12.1. The number of amides is 1. The molecule has 4 fully saturated rings. The van der Waals surface area contributed by atoms with Gasteiger partial charge >= 0.3 is 0 Å². The Morgan fingerprint density at radius 2 is 1.89 bits per heavy atom. The Kier molecular flexibility index (Phi) is 3.09. The molecule has 3 nitrogen and oxygen atoms in total. The van der Waals surface area contributed by atoms with Crippen LogP contribution in [-0.2, 0) is 4.79 Å². The van der Waals surface area contributed by atoms with Gasteiger partial charge in [-0.2, -0.15) is 0 Å². The molecule has 0 spiro atoms. The highest BCUT2D eigenvalue weighted by molar-refractivity contribution is 8.15. The number of rotatable bonds is 2. The number of nitrogens with one attached hydrogen (secondary N) is 1. The van der Waals surface area contributed by atoms with Crippen LogP contribution in [0.5, 0.6) is 0 Å². The molecule has 4 atom stereocenters. The molecule has 104 valence electrons. The largest absolute Gasteiger partial charge is 0.304 e. The van der Waals surface area contributed by atoms with E-state index >= 15 is 0 Å². The van der Waals surface area contributed by atoms with Crippen LogP contribution >= 0.6 is 11.8 Å². The third kappa shape index (κ3) is 2.22. The molecule has 1 heterocycles. The molecule has 4 rings (SSSR count). The summed E-state index contributed by atoms with van der Waals surface area (Å²) in [4.78, 5) is 17.0. The van der Waals surface area contributed by atoms with Gasteiger partial charge in [-0.1, -0.05) is 31.0 Å². The molecule has 1 N–H and O–H groups in total. The highest BCUT2D eigenvalue weighted by Gasteiger charge is 2.42. The van der Waals surface area contributed by atoms with Crippen LogP contribution in [0.25, 0.3) is 0 Å². The molecule has 4 aliphatic rings. The Labute approximate surface area is 119 Å². The van der Waals surface area contributed by atoms with Crippen molar-refractivity contribution in [2.24, 2.45) is 22.7 Å². The zero-order valence-electron chi connectivity index (χ0n) is 11.3. The second-order valence-electron chi connectivity index (χ2n) is 6.75. The Balaban J connectivity index is 1.44. The van der Waals surface area contributed by atoms with Gasteiger partial charge in [0.05, 0.1) is 11.3 Å². The van der Waals surface area contributed by atoms with Crippen molar-refractivity contribution >= 4 is 22.8 Å². The van der Waals surface area contributed by atoms with Crippen molar-refractivity contribution in [1.82, 2.24) is 5.32 Å². The Bertz CT molecular complexity index is 416. The van der Waals surface area contributed by atoms with E-state index < -0.39 is 0 Å². The first-order valence-corrected chi connectivity index (χ1v) is 8.73. The highest BCUT2D eigenvalue weighted by Crippen LogP contribution is 2.46. The van der Waals surface area contributed by atoms with Crippen LogP contribution in [0.3, 0.4) is 0 Å². The Morgan fingerprint density at radius 3 is 2.58 bits per heavy atom. The molecule has 0 aromatic rings. The maximum atomic E-state index is 12.1. The molecule has 0 aromatic heterocycles. The third-order valence-electron chi connectivity index (χ3n) is 5.54. The van der Waals surface area contributed by atoms with Gasteiger partial charge in [0.1, 0.15) is 0 Å². The second kappa shape index (κ2) is 4.80. The fraction of sp³-hybridized carbons (Fsp3) is 0.867. The van der Waals surface area contributed by atoms with Crippen LogP contribution in [-0.4, -0.2) is 22.4 Å². The summed E-state index contributed by atoms with van der Waals surface area (Å²) >= 11 is 1.72. The number of fused-ring (bicyclic) bond motifs is 2. The Hall–Kier alpha value is -0.510. The van der Waals surface area contributed by atoms with E-state index in [9.17, 15) is 4.79 Å². The molecule has 3 aliphatic carbocycles. The lowest BCUT2D eigenvalue weighted by atomic mass is 9.96. The predicted octanol–water partition coefficient (Wildman–Crippen LogP) is 2.95. The molecule has 0 aromatic carbocycles. The van der Waals surface area contributed by atoms with Crippen molar-refractivity contribution in [2.45, 2.75) is 62.7 Å². The number of carbonyl (C=O) groups excluding carboxylic acids is 1.